The fourth-order valence-corrected chi connectivity index (χ4v) is 11.0. The Morgan fingerprint density at radius 3 is 1.38 bits per heavy atom. The van der Waals surface area contributed by atoms with Crippen molar-refractivity contribution in [1.29, 1.82) is 0 Å². The highest BCUT2D eigenvalue weighted by Gasteiger charge is 2.20. The van der Waals surface area contributed by atoms with E-state index in [0.29, 0.717) is 17.5 Å². The van der Waals surface area contributed by atoms with Crippen molar-refractivity contribution in [3.8, 4) is 84.4 Å². The zero-order valence-electron chi connectivity index (χ0n) is 36.8. The number of thiophene rings is 1. The Bertz CT molecular complexity index is 3940. The Labute approximate surface area is 397 Å². The number of aromatic nitrogens is 4. The highest BCUT2D eigenvalue weighted by molar-refractivity contribution is 7.26. The van der Waals surface area contributed by atoms with Crippen molar-refractivity contribution >= 4 is 53.3 Å². The van der Waals surface area contributed by atoms with Crippen LogP contribution in [-0.2, 0) is 0 Å². The molecule has 5 heteroatoms. The minimum absolute atomic E-state index is 0.617. The van der Waals surface area contributed by atoms with Crippen LogP contribution in [0.15, 0.2) is 243 Å². The van der Waals surface area contributed by atoms with Crippen LogP contribution >= 0.6 is 11.3 Å². The molecule has 0 atom stereocenters. The van der Waals surface area contributed by atoms with Gasteiger partial charge in [-0.1, -0.05) is 194 Å². The maximum absolute atomic E-state index is 5.30. The van der Waals surface area contributed by atoms with Gasteiger partial charge >= 0.3 is 0 Å². The molecule has 0 amide bonds. The average Bonchev–Trinajstić information content (AvgIpc) is 3.95. The molecule has 4 nitrogen and oxygen atoms in total. The predicted octanol–water partition coefficient (Wildman–Crippen LogP) is 17.0. The zero-order valence-corrected chi connectivity index (χ0v) is 37.6. The first-order valence-electron chi connectivity index (χ1n) is 22.9. The Hall–Kier alpha value is -8.77. The molecular weight excluding hydrogens is 845 g/mol. The van der Waals surface area contributed by atoms with E-state index in [4.69, 9.17) is 15.0 Å². The molecule has 318 valence electrons. The third-order valence-corrected chi connectivity index (χ3v) is 14.2. The van der Waals surface area contributed by atoms with Crippen molar-refractivity contribution in [2.75, 3.05) is 0 Å². The zero-order chi connectivity index (χ0) is 45.0. The van der Waals surface area contributed by atoms with Crippen molar-refractivity contribution in [3.05, 3.63) is 243 Å². The van der Waals surface area contributed by atoms with Crippen molar-refractivity contribution in [1.82, 2.24) is 19.5 Å². The first-order valence-corrected chi connectivity index (χ1v) is 23.7. The molecule has 0 saturated heterocycles. The summed E-state index contributed by atoms with van der Waals surface area (Å²) in [7, 11) is 0. The van der Waals surface area contributed by atoms with Gasteiger partial charge in [0.05, 0.1) is 11.0 Å². The maximum Gasteiger partial charge on any atom is 0.164 e. The lowest BCUT2D eigenvalue weighted by Gasteiger charge is -2.16. The molecule has 0 saturated carbocycles. The molecule has 0 unspecified atom stereocenters. The lowest BCUT2D eigenvalue weighted by Crippen LogP contribution is -2.01. The molecule has 10 aromatic carbocycles. The molecule has 3 aromatic heterocycles. The topological polar surface area (TPSA) is 43.6 Å². The second kappa shape index (κ2) is 16.6. The summed E-state index contributed by atoms with van der Waals surface area (Å²) in [6, 6.07) is 86.5. The molecule has 0 aliphatic heterocycles. The number of hydrogen-bond donors (Lipinski definition) is 0. The van der Waals surface area contributed by atoms with Crippen LogP contribution in [0.2, 0.25) is 0 Å². The first-order chi connectivity index (χ1) is 33.7. The summed E-state index contributed by atoms with van der Waals surface area (Å²) in [5.41, 5.74) is 15.4. The summed E-state index contributed by atoms with van der Waals surface area (Å²) in [4.78, 5) is 15.7. The number of nitrogens with zero attached hydrogens (tertiary/aromatic N) is 4. The van der Waals surface area contributed by atoms with Gasteiger partial charge in [-0.05, 0) is 93.0 Å². The van der Waals surface area contributed by atoms with Gasteiger partial charge in [-0.15, -0.1) is 11.3 Å². The molecule has 13 rings (SSSR count). The van der Waals surface area contributed by atoms with Gasteiger partial charge < -0.3 is 4.57 Å². The molecule has 0 N–H and O–H groups in total. The fourth-order valence-electron chi connectivity index (χ4n) is 9.80. The van der Waals surface area contributed by atoms with E-state index < -0.39 is 0 Å². The van der Waals surface area contributed by atoms with Gasteiger partial charge in [0, 0.05) is 53.3 Å². The maximum atomic E-state index is 5.30. The molecule has 0 bridgehead atoms. The average molecular weight is 885 g/mol. The smallest absolute Gasteiger partial charge is 0.164 e. The van der Waals surface area contributed by atoms with Gasteiger partial charge in [-0.25, -0.2) is 15.0 Å². The van der Waals surface area contributed by atoms with Crippen molar-refractivity contribution in [2.45, 2.75) is 0 Å². The molecule has 68 heavy (non-hydrogen) atoms. The van der Waals surface area contributed by atoms with E-state index in [9.17, 15) is 0 Å². The second-order valence-corrected chi connectivity index (χ2v) is 18.2. The van der Waals surface area contributed by atoms with E-state index in [2.05, 4.69) is 211 Å². The van der Waals surface area contributed by atoms with Gasteiger partial charge in [0.2, 0.25) is 0 Å². The van der Waals surface area contributed by atoms with Crippen molar-refractivity contribution < 1.29 is 0 Å². The number of hydrogen-bond acceptors (Lipinski definition) is 4. The molecule has 13 aromatic rings. The van der Waals surface area contributed by atoms with E-state index in [0.717, 1.165) is 44.6 Å². The summed E-state index contributed by atoms with van der Waals surface area (Å²) >= 11 is 1.84. The monoisotopic (exact) mass is 884 g/mol. The predicted molar refractivity (Wildman–Crippen MR) is 285 cm³/mol. The molecule has 0 spiro atoms. The highest BCUT2D eigenvalue weighted by atomic mass is 32.1. The van der Waals surface area contributed by atoms with Gasteiger partial charge in [0.25, 0.3) is 0 Å². The third-order valence-electron chi connectivity index (χ3n) is 13.1. The summed E-state index contributed by atoms with van der Waals surface area (Å²) < 4.78 is 4.88. The summed E-state index contributed by atoms with van der Waals surface area (Å²) in [5.74, 6) is 1.87. The third kappa shape index (κ3) is 6.96. The van der Waals surface area contributed by atoms with Gasteiger partial charge in [-0.3, -0.25) is 0 Å². The van der Waals surface area contributed by atoms with Crippen LogP contribution in [0.1, 0.15) is 0 Å². The first kappa shape index (κ1) is 39.6. The lowest BCUT2D eigenvalue weighted by atomic mass is 9.89. The SMILES string of the molecule is c1ccc(-c2nc(-c3ccccc3)nc(-c3cc(-c4ccc(-c5ccccc5)c(-c5ccccc5)c4)ccc3-c3ccc4c(c3)sc3cc5c(cc34)c3ccccc3n5-c3ccccc3)n2)cc1. The fraction of sp³-hybridized carbons (Fsp3) is 0. The Morgan fingerprint density at radius 1 is 0.265 bits per heavy atom. The Balaban J connectivity index is 1.02. The minimum Gasteiger partial charge on any atom is -0.309 e. The van der Waals surface area contributed by atoms with Gasteiger partial charge in [0.15, 0.2) is 17.5 Å². The molecule has 0 aliphatic carbocycles. The molecule has 0 radical (unpaired) electrons. The summed E-state index contributed by atoms with van der Waals surface area (Å²) in [5, 5.41) is 5.02. The summed E-state index contributed by atoms with van der Waals surface area (Å²) in [6.07, 6.45) is 0. The number of rotatable bonds is 8. The van der Waals surface area contributed by atoms with E-state index in [-0.39, 0.29) is 0 Å². The van der Waals surface area contributed by atoms with Crippen LogP contribution in [0.5, 0.6) is 0 Å². The molecule has 0 fully saturated rings. The molecular formula is C63H40N4S. The van der Waals surface area contributed by atoms with E-state index in [1.54, 1.807) is 0 Å². The van der Waals surface area contributed by atoms with Crippen LogP contribution < -0.4 is 0 Å². The minimum atomic E-state index is 0.617. The largest absolute Gasteiger partial charge is 0.309 e. The van der Waals surface area contributed by atoms with E-state index in [1.165, 1.54) is 64.2 Å². The van der Waals surface area contributed by atoms with E-state index in [1.807, 2.05) is 47.7 Å². The Kier molecular flexibility index (Phi) is 9.66. The van der Waals surface area contributed by atoms with Gasteiger partial charge in [0.1, 0.15) is 0 Å². The molecule has 3 heterocycles. The number of fused-ring (bicyclic) bond motifs is 6. The van der Waals surface area contributed by atoms with Crippen LogP contribution in [0.4, 0.5) is 0 Å². The molecule has 0 aliphatic rings. The number of benzene rings is 10. The normalized spacial score (nSPS) is 11.5. The standard InChI is InChI=1S/C63H40N4S/c1-6-18-41(19-7-1)49-33-30-45(36-53(49)42-20-8-2-9-21-42)46-31-34-50(56(37-46)63-65-61(43-22-10-3-11-23-43)64-62(66-63)44-24-12-4-13-25-44)47-32-35-52-55-39-54-51-28-16-17-29-57(51)67(48-26-14-5-15-27-48)58(54)40-60(55)68-59(52)38-47/h1-40H. The van der Waals surface area contributed by atoms with Crippen molar-refractivity contribution in [2.24, 2.45) is 0 Å². The van der Waals surface area contributed by atoms with Crippen molar-refractivity contribution in [3.63, 3.8) is 0 Å². The highest BCUT2D eigenvalue weighted by Crippen LogP contribution is 2.44. The summed E-state index contributed by atoms with van der Waals surface area (Å²) in [6.45, 7) is 0. The lowest BCUT2D eigenvalue weighted by molar-refractivity contribution is 1.07. The van der Waals surface area contributed by atoms with E-state index >= 15 is 0 Å². The van der Waals surface area contributed by atoms with Crippen LogP contribution in [0, 0.1) is 0 Å². The van der Waals surface area contributed by atoms with Crippen LogP contribution in [-0.4, -0.2) is 19.5 Å². The quantitative estimate of drug-likeness (QED) is 0.153. The Morgan fingerprint density at radius 2 is 0.750 bits per heavy atom. The number of para-hydroxylation sites is 2. The van der Waals surface area contributed by atoms with Gasteiger partial charge in [-0.2, -0.15) is 0 Å². The van der Waals surface area contributed by atoms with Crippen LogP contribution in [0.3, 0.4) is 0 Å². The van der Waals surface area contributed by atoms with Crippen LogP contribution in [0.25, 0.3) is 126 Å². The second-order valence-electron chi connectivity index (χ2n) is 17.2.